The monoisotopic (exact) mass is 525 g/mol. The van der Waals surface area contributed by atoms with Gasteiger partial charge in [-0.25, -0.2) is 4.68 Å². The van der Waals surface area contributed by atoms with Crippen molar-refractivity contribution in [3.63, 3.8) is 0 Å². The summed E-state index contributed by atoms with van der Waals surface area (Å²) >= 11 is 1.57. The summed E-state index contributed by atoms with van der Waals surface area (Å²) < 4.78 is 7.56. The van der Waals surface area contributed by atoms with Crippen molar-refractivity contribution in [1.29, 1.82) is 0 Å². The number of aryl methyl sites for hydroxylation is 1. The molecule has 0 spiro atoms. The lowest BCUT2D eigenvalue weighted by molar-refractivity contribution is -0.113. The SMILES string of the molecule is CCOc1ccccc1NC(=O)C1=C(C)Nc2nc(SCc3ccccc3)nn2C1c1ccc(CC)cc1. The highest BCUT2D eigenvalue weighted by atomic mass is 32.2. The van der Waals surface area contributed by atoms with E-state index in [-0.39, 0.29) is 5.91 Å². The molecule has 8 heteroatoms. The molecule has 0 fully saturated rings. The zero-order valence-electron chi connectivity index (χ0n) is 21.8. The molecule has 7 nitrogen and oxygen atoms in total. The Balaban J connectivity index is 1.49. The van der Waals surface area contributed by atoms with Crippen molar-refractivity contribution in [1.82, 2.24) is 14.8 Å². The standard InChI is InChI=1S/C30H31N5O2S/c1-4-21-15-17-23(18-16-21)27-26(28(36)32-24-13-9-10-14-25(24)37-5-2)20(3)31-29-33-30(34-35(27)29)38-19-22-11-7-6-8-12-22/h6-18,27H,4-5,19H2,1-3H3,(H,32,36)(H,31,33,34). The zero-order chi connectivity index (χ0) is 26.5. The first-order valence-corrected chi connectivity index (χ1v) is 13.8. The Hall–Kier alpha value is -4.04. The molecule has 1 amide bonds. The summed E-state index contributed by atoms with van der Waals surface area (Å²) in [6.45, 7) is 6.47. The van der Waals surface area contributed by atoms with Crippen LogP contribution in [0.2, 0.25) is 0 Å². The molecule has 5 rings (SSSR count). The number of thioether (sulfide) groups is 1. The lowest BCUT2D eigenvalue weighted by Gasteiger charge is -2.29. The van der Waals surface area contributed by atoms with Crippen molar-refractivity contribution in [2.45, 2.75) is 44.1 Å². The zero-order valence-corrected chi connectivity index (χ0v) is 22.6. The highest BCUT2D eigenvalue weighted by molar-refractivity contribution is 7.98. The first-order valence-electron chi connectivity index (χ1n) is 12.8. The number of fused-ring (bicyclic) bond motifs is 1. The number of allylic oxidation sites excluding steroid dienone is 1. The first-order chi connectivity index (χ1) is 18.6. The van der Waals surface area contributed by atoms with Gasteiger partial charge in [0.2, 0.25) is 11.1 Å². The molecule has 1 atom stereocenters. The number of benzene rings is 3. The normalized spacial score (nSPS) is 14.6. The number of anilines is 2. The maximum absolute atomic E-state index is 13.8. The van der Waals surface area contributed by atoms with Crippen LogP contribution in [0.25, 0.3) is 0 Å². The van der Waals surface area contributed by atoms with Crippen molar-refractivity contribution in [3.05, 3.63) is 107 Å². The van der Waals surface area contributed by atoms with E-state index < -0.39 is 6.04 Å². The van der Waals surface area contributed by atoms with Crippen LogP contribution in [0.15, 0.2) is 95.3 Å². The Labute approximate surface area is 227 Å². The molecular weight excluding hydrogens is 494 g/mol. The quantitative estimate of drug-likeness (QED) is 0.244. The minimum absolute atomic E-state index is 0.216. The van der Waals surface area contributed by atoms with Crippen molar-refractivity contribution >= 4 is 29.3 Å². The molecule has 1 aliphatic rings. The Kier molecular flexibility index (Phi) is 7.79. The number of amides is 1. The van der Waals surface area contributed by atoms with Gasteiger partial charge in [0.25, 0.3) is 5.91 Å². The van der Waals surface area contributed by atoms with E-state index in [1.54, 1.807) is 11.8 Å². The molecule has 0 radical (unpaired) electrons. The van der Waals surface area contributed by atoms with Gasteiger partial charge in [0.1, 0.15) is 11.8 Å². The summed E-state index contributed by atoms with van der Waals surface area (Å²) in [6.07, 6.45) is 0.942. The molecule has 2 N–H and O–H groups in total. The van der Waals surface area contributed by atoms with Crippen LogP contribution in [0.1, 0.15) is 43.5 Å². The third-order valence-corrected chi connectivity index (χ3v) is 7.34. The third kappa shape index (κ3) is 5.45. The fourth-order valence-corrected chi connectivity index (χ4v) is 5.28. The number of carbonyl (C=O) groups excluding carboxylic acids is 1. The van der Waals surface area contributed by atoms with Crippen LogP contribution in [-0.4, -0.2) is 27.3 Å². The first kappa shape index (κ1) is 25.6. The lowest BCUT2D eigenvalue weighted by atomic mass is 9.94. The molecule has 3 aromatic carbocycles. The average molecular weight is 526 g/mol. The number of hydrogen-bond donors (Lipinski definition) is 2. The van der Waals surface area contributed by atoms with E-state index in [1.165, 1.54) is 11.1 Å². The molecule has 0 bridgehead atoms. The number of nitrogens with one attached hydrogen (secondary N) is 2. The van der Waals surface area contributed by atoms with E-state index in [2.05, 4.69) is 54.0 Å². The predicted molar refractivity (Wildman–Crippen MR) is 153 cm³/mol. The molecule has 0 saturated carbocycles. The van der Waals surface area contributed by atoms with E-state index in [1.807, 2.05) is 61.0 Å². The summed E-state index contributed by atoms with van der Waals surface area (Å²) in [5, 5.41) is 11.9. The van der Waals surface area contributed by atoms with Gasteiger partial charge >= 0.3 is 0 Å². The van der Waals surface area contributed by atoms with Crippen LogP contribution in [0.5, 0.6) is 5.75 Å². The maximum atomic E-state index is 13.8. The van der Waals surface area contributed by atoms with E-state index in [4.69, 9.17) is 14.8 Å². The van der Waals surface area contributed by atoms with Crippen LogP contribution >= 0.6 is 11.8 Å². The summed E-state index contributed by atoms with van der Waals surface area (Å²) in [7, 11) is 0. The smallest absolute Gasteiger partial charge is 0.255 e. The molecule has 194 valence electrons. The lowest BCUT2D eigenvalue weighted by Crippen LogP contribution is -2.31. The van der Waals surface area contributed by atoms with Crippen molar-refractivity contribution in [3.8, 4) is 5.75 Å². The van der Waals surface area contributed by atoms with Crippen LogP contribution in [0, 0.1) is 0 Å². The Bertz CT molecular complexity index is 1450. The molecule has 4 aromatic rings. The largest absolute Gasteiger partial charge is 0.492 e. The van der Waals surface area contributed by atoms with Gasteiger partial charge in [-0.15, -0.1) is 5.10 Å². The molecule has 0 aliphatic carbocycles. The van der Waals surface area contributed by atoms with E-state index in [9.17, 15) is 4.79 Å². The van der Waals surface area contributed by atoms with Crippen LogP contribution in [0.3, 0.4) is 0 Å². The minimum Gasteiger partial charge on any atom is -0.492 e. The number of ether oxygens (including phenoxy) is 1. The summed E-state index contributed by atoms with van der Waals surface area (Å²) in [6, 6.07) is 25.6. The molecule has 0 saturated heterocycles. The number of para-hydroxylation sites is 2. The molecule has 2 heterocycles. The van der Waals surface area contributed by atoms with E-state index >= 15 is 0 Å². The maximum Gasteiger partial charge on any atom is 0.255 e. The van der Waals surface area contributed by atoms with E-state index in [0.717, 1.165) is 23.4 Å². The number of rotatable bonds is 9. The predicted octanol–water partition coefficient (Wildman–Crippen LogP) is 6.46. The van der Waals surface area contributed by atoms with Gasteiger partial charge in [-0.2, -0.15) is 4.98 Å². The highest BCUT2D eigenvalue weighted by Crippen LogP contribution is 2.37. The molecule has 1 aliphatic heterocycles. The van der Waals surface area contributed by atoms with Gasteiger partial charge in [-0.3, -0.25) is 4.79 Å². The Morgan fingerprint density at radius 2 is 1.74 bits per heavy atom. The van der Waals surface area contributed by atoms with Crippen molar-refractivity contribution in [2.24, 2.45) is 0 Å². The molecule has 38 heavy (non-hydrogen) atoms. The number of hydrogen-bond acceptors (Lipinski definition) is 6. The van der Waals surface area contributed by atoms with Gasteiger partial charge in [-0.1, -0.05) is 85.4 Å². The fraction of sp³-hybridized carbons (Fsp3) is 0.233. The summed E-state index contributed by atoms with van der Waals surface area (Å²) in [4.78, 5) is 18.6. The number of nitrogens with zero attached hydrogens (tertiary/aromatic N) is 3. The second-order valence-electron chi connectivity index (χ2n) is 8.98. The van der Waals surface area contributed by atoms with Crippen molar-refractivity contribution in [2.75, 3.05) is 17.2 Å². The van der Waals surface area contributed by atoms with Gasteiger partial charge in [0.15, 0.2) is 0 Å². The van der Waals surface area contributed by atoms with Crippen LogP contribution in [-0.2, 0) is 17.0 Å². The van der Waals surface area contributed by atoms with E-state index in [0.29, 0.717) is 34.7 Å². The van der Waals surface area contributed by atoms with Gasteiger partial charge in [0.05, 0.1) is 17.9 Å². The number of carbonyl (C=O) groups is 1. The third-order valence-electron chi connectivity index (χ3n) is 6.43. The second kappa shape index (κ2) is 11.6. The topological polar surface area (TPSA) is 81.1 Å². The Morgan fingerprint density at radius 3 is 2.47 bits per heavy atom. The minimum atomic E-state index is -0.435. The van der Waals surface area contributed by atoms with Gasteiger partial charge in [0, 0.05) is 11.4 Å². The van der Waals surface area contributed by atoms with Gasteiger partial charge < -0.3 is 15.4 Å². The van der Waals surface area contributed by atoms with Crippen molar-refractivity contribution < 1.29 is 9.53 Å². The summed E-state index contributed by atoms with van der Waals surface area (Å²) in [5.74, 6) is 1.80. The number of aromatic nitrogens is 3. The molecular formula is C30H31N5O2S. The van der Waals surface area contributed by atoms with Crippen LogP contribution in [0.4, 0.5) is 11.6 Å². The van der Waals surface area contributed by atoms with Crippen LogP contribution < -0.4 is 15.4 Å². The average Bonchev–Trinajstić information content (AvgIpc) is 3.35. The fourth-order valence-electron chi connectivity index (χ4n) is 4.49. The molecule has 1 aromatic heterocycles. The molecule has 1 unspecified atom stereocenters. The Morgan fingerprint density at radius 1 is 1.00 bits per heavy atom. The summed E-state index contributed by atoms with van der Waals surface area (Å²) in [5.41, 5.74) is 5.35. The van der Waals surface area contributed by atoms with Gasteiger partial charge in [-0.05, 0) is 49.1 Å². The highest BCUT2D eigenvalue weighted by Gasteiger charge is 2.34. The second-order valence-corrected chi connectivity index (χ2v) is 9.92.